The topological polar surface area (TPSA) is 97.3 Å². The van der Waals surface area contributed by atoms with E-state index >= 15 is 0 Å². The van der Waals surface area contributed by atoms with Gasteiger partial charge in [-0.3, -0.25) is 4.79 Å². The lowest BCUT2D eigenvalue weighted by Crippen LogP contribution is -2.43. The summed E-state index contributed by atoms with van der Waals surface area (Å²) >= 11 is 2.95. The van der Waals surface area contributed by atoms with Crippen LogP contribution < -0.4 is 21.7 Å². The van der Waals surface area contributed by atoms with Crippen LogP contribution >= 0.6 is 22.7 Å². The van der Waals surface area contributed by atoms with Gasteiger partial charge in [0, 0.05) is 42.0 Å². The molecule has 4 heterocycles. The van der Waals surface area contributed by atoms with E-state index in [2.05, 4.69) is 34.7 Å². The van der Waals surface area contributed by atoms with Gasteiger partial charge in [-0.15, -0.1) is 22.7 Å². The van der Waals surface area contributed by atoms with Gasteiger partial charge in [0.25, 0.3) is 5.91 Å². The molecule has 1 fully saturated rings. The van der Waals surface area contributed by atoms with Crippen molar-refractivity contribution in [3.8, 4) is 10.4 Å². The lowest BCUT2D eigenvalue weighted by molar-refractivity contribution is 0.100. The lowest BCUT2D eigenvalue weighted by Gasteiger charge is -2.28. The molecule has 3 aromatic heterocycles. The number of hydrogen-bond acceptors (Lipinski definition) is 7. The molecule has 1 amide bonds. The highest BCUT2D eigenvalue weighted by molar-refractivity contribution is 7.21. The molecule has 1 saturated heterocycles. The zero-order chi connectivity index (χ0) is 17.6. The average molecular weight is 374 g/mol. The number of rotatable bonds is 3. The Morgan fingerprint density at radius 1 is 1.36 bits per heavy atom. The average Bonchev–Trinajstić information content (AvgIpc) is 3.18. The van der Waals surface area contributed by atoms with Crippen LogP contribution in [0.15, 0.2) is 17.5 Å². The van der Waals surface area contributed by atoms with Gasteiger partial charge in [0.15, 0.2) is 0 Å². The summed E-state index contributed by atoms with van der Waals surface area (Å²) in [6.07, 6.45) is 0. The van der Waals surface area contributed by atoms with Crippen LogP contribution in [-0.2, 0) is 0 Å². The summed E-state index contributed by atoms with van der Waals surface area (Å²) in [5.74, 6) is 0.423. The number of pyridine rings is 1. The Balaban J connectivity index is 1.98. The van der Waals surface area contributed by atoms with Crippen molar-refractivity contribution in [1.82, 2.24) is 10.3 Å². The molecule has 1 aliphatic rings. The first-order valence-electron chi connectivity index (χ1n) is 8.09. The Kier molecular flexibility index (Phi) is 4.10. The smallest absolute Gasteiger partial charge is 0.260 e. The largest absolute Gasteiger partial charge is 0.397 e. The van der Waals surface area contributed by atoms with Gasteiger partial charge in [0.05, 0.1) is 5.69 Å². The molecule has 0 saturated carbocycles. The number of nitrogens with two attached hydrogens (primary N) is 2. The lowest BCUT2D eigenvalue weighted by atomic mass is 10.1. The number of aromatic nitrogens is 1. The van der Waals surface area contributed by atoms with Gasteiger partial charge < -0.3 is 21.7 Å². The van der Waals surface area contributed by atoms with E-state index in [0.717, 1.165) is 52.7 Å². The fourth-order valence-corrected chi connectivity index (χ4v) is 5.09. The van der Waals surface area contributed by atoms with Crippen LogP contribution in [0.4, 0.5) is 11.5 Å². The van der Waals surface area contributed by atoms with Crippen LogP contribution in [0, 0.1) is 6.92 Å². The highest BCUT2D eigenvalue weighted by Gasteiger charge is 2.22. The van der Waals surface area contributed by atoms with Crippen molar-refractivity contribution >= 4 is 50.3 Å². The number of primary amides is 1. The summed E-state index contributed by atoms with van der Waals surface area (Å²) in [6.45, 7) is 5.77. The molecule has 4 rings (SSSR count). The van der Waals surface area contributed by atoms with Crippen LogP contribution in [0.5, 0.6) is 0 Å². The number of piperazine rings is 1. The van der Waals surface area contributed by atoms with Gasteiger partial charge in [-0.05, 0) is 30.0 Å². The number of fused-ring (bicyclic) bond motifs is 1. The summed E-state index contributed by atoms with van der Waals surface area (Å²) in [6, 6.07) is 4.19. The first-order chi connectivity index (χ1) is 12.1. The van der Waals surface area contributed by atoms with Gasteiger partial charge in [-0.25, -0.2) is 4.98 Å². The van der Waals surface area contributed by atoms with Gasteiger partial charge in [-0.1, -0.05) is 0 Å². The third-order valence-electron chi connectivity index (χ3n) is 4.46. The van der Waals surface area contributed by atoms with Crippen LogP contribution in [0.25, 0.3) is 20.7 Å². The number of hydrogen-bond donors (Lipinski definition) is 3. The highest BCUT2D eigenvalue weighted by Crippen LogP contribution is 2.43. The maximum absolute atomic E-state index is 11.8. The minimum Gasteiger partial charge on any atom is -0.397 e. The predicted octanol–water partition coefficient (Wildman–Crippen LogP) is 2.42. The van der Waals surface area contributed by atoms with Crippen molar-refractivity contribution in [3.63, 3.8) is 0 Å². The van der Waals surface area contributed by atoms with Gasteiger partial charge in [0.2, 0.25) is 0 Å². The van der Waals surface area contributed by atoms with Crippen molar-refractivity contribution in [3.05, 3.63) is 28.0 Å². The van der Waals surface area contributed by atoms with Crippen LogP contribution in [0.1, 0.15) is 15.2 Å². The molecule has 0 spiro atoms. The molecule has 25 heavy (non-hydrogen) atoms. The Bertz CT molecular complexity index is 956. The predicted molar refractivity (Wildman–Crippen MR) is 106 cm³/mol. The highest BCUT2D eigenvalue weighted by atomic mass is 32.1. The second-order valence-electron chi connectivity index (χ2n) is 6.09. The van der Waals surface area contributed by atoms with E-state index in [1.807, 2.05) is 0 Å². The normalized spacial score (nSPS) is 15.0. The molecule has 5 N–H and O–H groups in total. The standard InChI is InChI=1S/C17H19N5OS2/c1-9-2-7-24-14(9)10-8-11(22-5-3-20-4-6-22)21-17-12(10)13(18)15(25-17)16(19)23/h2,7-8,20H,3-6,18H2,1H3,(H2,19,23). The maximum atomic E-state index is 11.8. The summed E-state index contributed by atoms with van der Waals surface area (Å²) in [5.41, 5.74) is 14.4. The summed E-state index contributed by atoms with van der Waals surface area (Å²) in [4.78, 5) is 21.1. The summed E-state index contributed by atoms with van der Waals surface area (Å²) in [5, 5.41) is 6.26. The monoisotopic (exact) mass is 373 g/mol. The Morgan fingerprint density at radius 2 is 2.12 bits per heavy atom. The number of thiophene rings is 2. The molecule has 0 aromatic carbocycles. The molecule has 0 atom stereocenters. The molecular weight excluding hydrogens is 354 g/mol. The number of nitrogens with one attached hydrogen (secondary N) is 1. The van der Waals surface area contributed by atoms with E-state index < -0.39 is 5.91 Å². The summed E-state index contributed by atoms with van der Waals surface area (Å²) in [7, 11) is 0. The number of anilines is 2. The minimum atomic E-state index is -0.502. The van der Waals surface area contributed by atoms with Crippen LogP contribution in [0.3, 0.4) is 0 Å². The third kappa shape index (κ3) is 2.76. The minimum absolute atomic E-state index is 0.385. The zero-order valence-corrected chi connectivity index (χ0v) is 15.5. The maximum Gasteiger partial charge on any atom is 0.260 e. The molecule has 0 bridgehead atoms. The molecule has 0 radical (unpaired) electrons. The summed E-state index contributed by atoms with van der Waals surface area (Å²) < 4.78 is 0. The van der Waals surface area contributed by atoms with Crippen molar-refractivity contribution in [2.45, 2.75) is 6.92 Å². The van der Waals surface area contributed by atoms with E-state index in [0.29, 0.717) is 10.6 Å². The molecule has 8 heteroatoms. The number of carbonyl (C=O) groups is 1. The van der Waals surface area contributed by atoms with Gasteiger partial charge in [-0.2, -0.15) is 0 Å². The SMILES string of the molecule is Cc1ccsc1-c1cc(N2CCNCC2)nc2sc(C(N)=O)c(N)c12. The molecule has 130 valence electrons. The molecular formula is C17H19N5OS2. The second-order valence-corrected chi connectivity index (χ2v) is 8.00. The Morgan fingerprint density at radius 3 is 2.76 bits per heavy atom. The van der Waals surface area contributed by atoms with E-state index in [-0.39, 0.29) is 0 Å². The third-order valence-corrected chi connectivity index (χ3v) is 6.62. The van der Waals surface area contributed by atoms with Gasteiger partial charge >= 0.3 is 0 Å². The van der Waals surface area contributed by atoms with Crippen molar-refractivity contribution in [2.75, 3.05) is 36.8 Å². The van der Waals surface area contributed by atoms with E-state index in [9.17, 15) is 4.79 Å². The number of nitrogen functional groups attached to an aromatic ring is 1. The first kappa shape index (κ1) is 16.3. The van der Waals surface area contributed by atoms with E-state index in [1.54, 1.807) is 11.3 Å². The molecule has 6 nitrogen and oxygen atoms in total. The van der Waals surface area contributed by atoms with Crippen LogP contribution in [-0.4, -0.2) is 37.1 Å². The van der Waals surface area contributed by atoms with Crippen LogP contribution in [0.2, 0.25) is 0 Å². The van der Waals surface area contributed by atoms with E-state index in [1.165, 1.54) is 16.9 Å². The molecule has 0 unspecified atom stereocenters. The second kappa shape index (κ2) is 6.29. The van der Waals surface area contributed by atoms with Gasteiger partial charge in [0.1, 0.15) is 15.5 Å². The molecule has 1 aliphatic heterocycles. The molecule has 0 aliphatic carbocycles. The molecule has 3 aromatic rings. The van der Waals surface area contributed by atoms with E-state index in [4.69, 9.17) is 16.5 Å². The number of amides is 1. The van der Waals surface area contributed by atoms with Crippen molar-refractivity contribution in [1.29, 1.82) is 0 Å². The first-order valence-corrected chi connectivity index (χ1v) is 9.79. The number of aryl methyl sites for hydroxylation is 1. The number of carbonyl (C=O) groups excluding carboxylic acids is 1. The number of nitrogens with zero attached hydrogens (tertiary/aromatic N) is 2. The van der Waals surface area contributed by atoms with Crippen molar-refractivity contribution in [2.24, 2.45) is 5.73 Å². The Labute approximate surface area is 153 Å². The quantitative estimate of drug-likeness (QED) is 0.655. The Hall–Kier alpha value is -2.16. The fraction of sp³-hybridized carbons (Fsp3) is 0.294. The fourth-order valence-electron chi connectivity index (χ4n) is 3.17. The zero-order valence-electron chi connectivity index (χ0n) is 13.8. The van der Waals surface area contributed by atoms with Crippen molar-refractivity contribution < 1.29 is 4.79 Å².